The van der Waals surface area contributed by atoms with Gasteiger partial charge in [0.15, 0.2) is 0 Å². The number of anilines is 1. The highest BCUT2D eigenvalue weighted by Crippen LogP contribution is 2.31. The van der Waals surface area contributed by atoms with Gasteiger partial charge in [-0.2, -0.15) is 0 Å². The Morgan fingerprint density at radius 2 is 1.49 bits per heavy atom. The SMILES string of the molecule is CCCN(C)CCC(C)Nc1nc(CN2CCN(C(c3ccc(Cl)cc3)c3ccc(Cl)cc3)CC2)nc2ccccc12.NC=O. The molecule has 1 amide bonds. The summed E-state index contributed by atoms with van der Waals surface area (Å²) in [4.78, 5) is 26.0. The number of carbonyl (C=O) groups excluding carboxylic acids is 1. The monoisotopic (exact) mass is 649 g/mol. The fourth-order valence-corrected chi connectivity index (χ4v) is 6.05. The Morgan fingerprint density at radius 1 is 0.911 bits per heavy atom. The Kier molecular flexibility index (Phi) is 13.4. The number of carbonyl (C=O) groups is 1. The van der Waals surface area contributed by atoms with Gasteiger partial charge in [-0.05, 0) is 87.4 Å². The van der Waals surface area contributed by atoms with E-state index in [2.05, 4.69) is 95.2 Å². The summed E-state index contributed by atoms with van der Waals surface area (Å²) in [6, 6.07) is 25.2. The number of nitrogens with zero attached hydrogens (tertiary/aromatic N) is 5. The molecule has 1 aromatic heterocycles. The molecule has 0 radical (unpaired) electrons. The largest absolute Gasteiger partial charge is 0.372 e. The molecular weight excluding hydrogens is 605 g/mol. The van der Waals surface area contributed by atoms with E-state index in [1.54, 1.807) is 0 Å². The highest BCUT2D eigenvalue weighted by atomic mass is 35.5. The van der Waals surface area contributed by atoms with E-state index < -0.39 is 0 Å². The number of rotatable bonds is 12. The molecule has 3 aromatic carbocycles. The molecule has 0 bridgehead atoms. The smallest absolute Gasteiger partial charge is 0.204 e. The molecule has 1 aliphatic heterocycles. The first-order valence-electron chi connectivity index (χ1n) is 15.6. The van der Waals surface area contributed by atoms with Crippen molar-refractivity contribution in [2.75, 3.05) is 51.6 Å². The van der Waals surface area contributed by atoms with E-state index in [1.807, 2.05) is 24.3 Å². The fourth-order valence-electron chi connectivity index (χ4n) is 5.80. The van der Waals surface area contributed by atoms with Crippen LogP contribution in [0.5, 0.6) is 0 Å². The van der Waals surface area contributed by atoms with Gasteiger partial charge < -0.3 is 16.0 Å². The summed E-state index contributed by atoms with van der Waals surface area (Å²) >= 11 is 12.4. The van der Waals surface area contributed by atoms with E-state index >= 15 is 0 Å². The molecule has 1 fully saturated rings. The lowest BCUT2D eigenvalue weighted by Crippen LogP contribution is -2.47. The average Bonchev–Trinajstić information content (AvgIpc) is 3.03. The Hall–Kier alpha value is -3.27. The summed E-state index contributed by atoms with van der Waals surface area (Å²) in [5.41, 5.74) is 7.63. The van der Waals surface area contributed by atoms with Crippen molar-refractivity contribution >= 4 is 46.3 Å². The average molecular weight is 651 g/mol. The predicted molar refractivity (Wildman–Crippen MR) is 187 cm³/mol. The van der Waals surface area contributed by atoms with Gasteiger partial charge in [0.2, 0.25) is 6.41 Å². The first-order valence-corrected chi connectivity index (χ1v) is 16.4. The molecule has 1 atom stereocenters. The molecule has 45 heavy (non-hydrogen) atoms. The number of hydrogen-bond acceptors (Lipinski definition) is 7. The van der Waals surface area contributed by atoms with Gasteiger partial charge in [-0.15, -0.1) is 0 Å². The van der Waals surface area contributed by atoms with Crippen LogP contribution in [0.2, 0.25) is 10.0 Å². The van der Waals surface area contributed by atoms with Crippen LogP contribution in [-0.2, 0) is 11.3 Å². The van der Waals surface area contributed by atoms with Crippen LogP contribution in [-0.4, -0.2) is 83.4 Å². The lowest BCUT2D eigenvalue weighted by molar-refractivity contribution is -0.106. The summed E-state index contributed by atoms with van der Waals surface area (Å²) in [5, 5.41) is 6.28. The highest BCUT2D eigenvalue weighted by Gasteiger charge is 2.27. The molecule has 8 nitrogen and oxygen atoms in total. The first-order chi connectivity index (χ1) is 21.8. The summed E-state index contributed by atoms with van der Waals surface area (Å²) < 4.78 is 0. The Balaban J connectivity index is 0.00000148. The molecule has 4 aromatic rings. The van der Waals surface area contributed by atoms with Gasteiger partial charge in [0, 0.05) is 47.7 Å². The van der Waals surface area contributed by atoms with Crippen molar-refractivity contribution in [3.63, 3.8) is 0 Å². The third-order valence-corrected chi connectivity index (χ3v) is 8.59. The Labute approximate surface area is 277 Å². The van der Waals surface area contributed by atoms with E-state index in [0.717, 1.165) is 84.8 Å². The molecule has 1 aliphatic rings. The number of amides is 1. The minimum absolute atomic E-state index is 0.146. The van der Waals surface area contributed by atoms with E-state index in [-0.39, 0.29) is 12.5 Å². The minimum Gasteiger partial charge on any atom is -0.372 e. The molecule has 2 heterocycles. The molecule has 0 saturated carbocycles. The van der Waals surface area contributed by atoms with E-state index in [1.165, 1.54) is 17.5 Å². The van der Waals surface area contributed by atoms with Crippen LogP contribution in [0.1, 0.15) is 49.7 Å². The molecule has 0 aliphatic carbocycles. The highest BCUT2D eigenvalue weighted by molar-refractivity contribution is 6.30. The predicted octanol–water partition coefficient (Wildman–Crippen LogP) is 6.48. The van der Waals surface area contributed by atoms with Crippen molar-refractivity contribution < 1.29 is 4.79 Å². The molecule has 5 rings (SSSR count). The molecule has 240 valence electrons. The number of piperazine rings is 1. The van der Waals surface area contributed by atoms with Crippen LogP contribution in [0.3, 0.4) is 0 Å². The standard InChI is InChI=1S/C34H42Cl2N6.CH3NO/c1-4-18-40(3)19-17-25(2)37-34-30-7-5-6-8-31(30)38-32(39-34)24-41-20-22-42(23-21-41)33(26-9-13-28(35)14-10-26)27-11-15-29(36)16-12-27;2-1-3/h5-16,25,33H,4,17-24H2,1-3H3,(H,37,38,39);1H,(H2,2,3). The number of para-hydroxylation sites is 1. The third-order valence-electron chi connectivity index (χ3n) is 8.09. The van der Waals surface area contributed by atoms with Crippen molar-refractivity contribution in [3.8, 4) is 0 Å². The quantitative estimate of drug-likeness (QED) is 0.170. The second-order valence-corrected chi connectivity index (χ2v) is 12.5. The molecular formula is C35H45Cl2N7O. The number of nitrogens with one attached hydrogen (secondary N) is 1. The lowest BCUT2D eigenvalue weighted by Gasteiger charge is -2.39. The maximum atomic E-state index is 8.58. The molecule has 0 spiro atoms. The van der Waals surface area contributed by atoms with E-state index in [0.29, 0.717) is 6.04 Å². The van der Waals surface area contributed by atoms with Crippen LogP contribution >= 0.6 is 23.2 Å². The van der Waals surface area contributed by atoms with Crippen molar-refractivity contribution in [3.05, 3.63) is 99.8 Å². The molecule has 1 saturated heterocycles. The zero-order valence-electron chi connectivity index (χ0n) is 26.5. The van der Waals surface area contributed by atoms with Gasteiger partial charge in [-0.3, -0.25) is 14.6 Å². The number of benzene rings is 3. The summed E-state index contributed by atoms with van der Waals surface area (Å²) in [6.45, 7) is 11.2. The Bertz CT molecular complexity index is 1430. The van der Waals surface area contributed by atoms with E-state index in [9.17, 15) is 0 Å². The second-order valence-electron chi connectivity index (χ2n) is 11.6. The number of primary amides is 1. The van der Waals surface area contributed by atoms with Crippen molar-refractivity contribution in [2.24, 2.45) is 5.73 Å². The summed E-state index contributed by atoms with van der Waals surface area (Å²) in [7, 11) is 2.20. The molecule has 3 N–H and O–H groups in total. The maximum Gasteiger partial charge on any atom is 0.204 e. The van der Waals surface area contributed by atoms with Crippen LogP contribution in [0.25, 0.3) is 10.9 Å². The van der Waals surface area contributed by atoms with Crippen LogP contribution in [0.4, 0.5) is 5.82 Å². The van der Waals surface area contributed by atoms with Crippen LogP contribution in [0.15, 0.2) is 72.8 Å². The summed E-state index contributed by atoms with van der Waals surface area (Å²) in [5.74, 6) is 1.80. The van der Waals surface area contributed by atoms with Crippen molar-refractivity contribution in [1.82, 2.24) is 24.7 Å². The van der Waals surface area contributed by atoms with Gasteiger partial charge in [0.1, 0.15) is 11.6 Å². The molecule has 10 heteroatoms. The number of nitrogens with two attached hydrogens (primary N) is 1. The van der Waals surface area contributed by atoms with Gasteiger partial charge >= 0.3 is 0 Å². The van der Waals surface area contributed by atoms with Crippen molar-refractivity contribution in [1.29, 1.82) is 0 Å². The fraction of sp³-hybridized carbons (Fsp3) is 0.400. The van der Waals surface area contributed by atoms with Crippen LogP contribution in [0, 0.1) is 0 Å². The number of aromatic nitrogens is 2. The van der Waals surface area contributed by atoms with Gasteiger partial charge in [-0.25, -0.2) is 9.97 Å². The number of halogens is 2. The Morgan fingerprint density at radius 3 is 2.07 bits per heavy atom. The minimum atomic E-state index is 0.146. The zero-order valence-corrected chi connectivity index (χ0v) is 28.0. The lowest BCUT2D eigenvalue weighted by atomic mass is 9.96. The van der Waals surface area contributed by atoms with Gasteiger partial charge in [0.25, 0.3) is 0 Å². The maximum absolute atomic E-state index is 8.58. The third kappa shape index (κ3) is 10.1. The van der Waals surface area contributed by atoms with Crippen molar-refractivity contribution in [2.45, 2.75) is 45.3 Å². The molecule has 1 unspecified atom stereocenters. The zero-order chi connectivity index (χ0) is 32.2. The number of hydrogen-bond donors (Lipinski definition) is 2. The number of fused-ring (bicyclic) bond motifs is 1. The summed E-state index contributed by atoms with van der Waals surface area (Å²) in [6.07, 6.45) is 2.49. The first kappa shape index (κ1) is 34.6. The van der Waals surface area contributed by atoms with E-state index in [4.69, 9.17) is 38.0 Å². The topological polar surface area (TPSA) is 90.6 Å². The van der Waals surface area contributed by atoms with Crippen LogP contribution < -0.4 is 11.1 Å². The van der Waals surface area contributed by atoms with Gasteiger partial charge in [-0.1, -0.05) is 66.5 Å². The second kappa shape index (κ2) is 17.4. The normalized spacial score (nSPS) is 14.7. The van der Waals surface area contributed by atoms with Gasteiger partial charge in [0.05, 0.1) is 18.1 Å².